The minimum Gasteiger partial charge on any atom is -0.325 e. The smallest absolute Gasteiger partial charge is 0.229 e. The van der Waals surface area contributed by atoms with Gasteiger partial charge in [0.1, 0.15) is 17.3 Å². The summed E-state index contributed by atoms with van der Waals surface area (Å²) in [5.41, 5.74) is 3.27. The Labute approximate surface area is 150 Å². The molecule has 1 aliphatic heterocycles. The molecule has 4 nitrogen and oxygen atoms in total. The molecular formula is C20H20F2N2O2. The van der Waals surface area contributed by atoms with Gasteiger partial charge in [0.15, 0.2) is 0 Å². The molecule has 0 bridgehead atoms. The maximum atomic E-state index is 14.0. The van der Waals surface area contributed by atoms with Gasteiger partial charge in [0.25, 0.3) is 0 Å². The molecule has 1 unspecified atom stereocenters. The third-order valence-electron chi connectivity index (χ3n) is 4.63. The summed E-state index contributed by atoms with van der Waals surface area (Å²) in [6.07, 6.45) is -0.0798. The minimum atomic E-state index is -0.815. The van der Waals surface area contributed by atoms with Crippen LogP contribution in [0, 0.1) is 38.3 Å². The molecule has 2 aromatic carbocycles. The zero-order chi connectivity index (χ0) is 19.0. The first-order valence-electron chi connectivity index (χ1n) is 8.41. The highest BCUT2D eigenvalue weighted by Crippen LogP contribution is 2.31. The summed E-state index contributed by atoms with van der Waals surface area (Å²) in [7, 11) is 0. The number of para-hydroxylation sites is 1. The molecule has 0 radical (unpaired) electrons. The number of nitrogens with zero attached hydrogens (tertiary/aromatic N) is 1. The molecule has 2 aromatic rings. The predicted octanol–water partition coefficient (Wildman–Crippen LogP) is 3.88. The first-order chi connectivity index (χ1) is 12.3. The number of aryl methyl sites for hydroxylation is 3. The van der Waals surface area contributed by atoms with Crippen LogP contribution >= 0.6 is 0 Å². The highest BCUT2D eigenvalue weighted by molar-refractivity contribution is 6.04. The Bertz CT molecular complexity index is 852. The zero-order valence-electron chi connectivity index (χ0n) is 14.9. The lowest BCUT2D eigenvalue weighted by molar-refractivity contribution is -0.122. The Morgan fingerprint density at radius 1 is 1.12 bits per heavy atom. The van der Waals surface area contributed by atoms with Crippen molar-refractivity contribution in [2.24, 2.45) is 5.92 Å². The van der Waals surface area contributed by atoms with Gasteiger partial charge in [-0.25, -0.2) is 8.78 Å². The van der Waals surface area contributed by atoms with Gasteiger partial charge in [-0.2, -0.15) is 0 Å². The summed E-state index contributed by atoms with van der Waals surface area (Å²) in [5, 5.41) is 2.86. The maximum absolute atomic E-state index is 14.0. The van der Waals surface area contributed by atoms with Gasteiger partial charge >= 0.3 is 0 Å². The van der Waals surface area contributed by atoms with Crippen molar-refractivity contribution in [1.82, 2.24) is 0 Å². The third kappa shape index (κ3) is 3.31. The van der Waals surface area contributed by atoms with Crippen LogP contribution in [-0.2, 0) is 9.59 Å². The minimum absolute atomic E-state index is 0.0491. The molecule has 1 atom stereocenters. The number of halogens is 2. The number of carbonyl (C=O) groups excluding carboxylic acids is 2. The largest absolute Gasteiger partial charge is 0.325 e. The van der Waals surface area contributed by atoms with Crippen molar-refractivity contribution in [2.45, 2.75) is 27.2 Å². The molecule has 0 aromatic heterocycles. The van der Waals surface area contributed by atoms with Crippen LogP contribution in [0.2, 0.25) is 0 Å². The molecular weight excluding hydrogens is 338 g/mol. The summed E-state index contributed by atoms with van der Waals surface area (Å²) in [4.78, 5) is 25.9. The second kappa shape index (κ2) is 6.86. The predicted molar refractivity (Wildman–Crippen MR) is 96.1 cm³/mol. The summed E-state index contributed by atoms with van der Waals surface area (Å²) < 4.78 is 27.9. The lowest BCUT2D eigenvalue weighted by atomic mass is 10.0. The normalized spacial score (nSPS) is 16.9. The molecule has 0 aliphatic carbocycles. The molecule has 1 saturated heterocycles. The average Bonchev–Trinajstić information content (AvgIpc) is 2.92. The molecule has 6 heteroatoms. The van der Waals surface area contributed by atoms with Gasteiger partial charge in [0.2, 0.25) is 11.8 Å². The molecule has 1 heterocycles. The van der Waals surface area contributed by atoms with Gasteiger partial charge in [0, 0.05) is 18.7 Å². The highest BCUT2D eigenvalue weighted by Gasteiger charge is 2.37. The van der Waals surface area contributed by atoms with Crippen molar-refractivity contribution in [3.8, 4) is 0 Å². The zero-order valence-corrected chi connectivity index (χ0v) is 14.9. The molecule has 1 aliphatic rings. The quantitative estimate of drug-likeness (QED) is 0.905. The average molecular weight is 358 g/mol. The highest BCUT2D eigenvalue weighted by atomic mass is 19.1. The summed E-state index contributed by atoms with van der Waals surface area (Å²) in [5.74, 6) is -3.09. The molecule has 1 N–H and O–H groups in total. The van der Waals surface area contributed by atoms with Gasteiger partial charge < -0.3 is 10.2 Å². The van der Waals surface area contributed by atoms with Crippen molar-refractivity contribution in [3.05, 3.63) is 58.7 Å². The Balaban J connectivity index is 1.80. The van der Waals surface area contributed by atoms with Crippen LogP contribution < -0.4 is 10.2 Å². The number of rotatable bonds is 3. The number of anilines is 2. The first-order valence-corrected chi connectivity index (χ1v) is 8.41. The van der Waals surface area contributed by atoms with Crippen LogP contribution in [0.3, 0.4) is 0 Å². The van der Waals surface area contributed by atoms with Crippen LogP contribution in [-0.4, -0.2) is 18.4 Å². The molecule has 0 saturated carbocycles. The molecule has 26 heavy (non-hydrogen) atoms. The van der Waals surface area contributed by atoms with E-state index in [-0.39, 0.29) is 18.9 Å². The first kappa shape index (κ1) is 18.0. The van der Waals surface area contributed by atoms with E-state index in [0.29, 0.717) is 5.69 Å². The van der Waals surface area contributed by atoms with Crippen molar-refractivity contribution >= 4 is 23.2 Å². The van der Waals surface area contributed by atoms with E-state index in [1.54, 1.807) is 0 Å². The van der Waals surface area contributed by atoms with E-state index in [9.17, 15) is 18.4 Å². The summed E-state index contributed by atoms with van der Waals surface area (Å²) in [6, 6.07) is 7.35. The second-order valence-corrected chi connectivity index (χ2v) is 6.74. The lowest BCUT2D eigenvalue weighted by Crippen LogP contribution is -2.29. The van der Waals surface area contributed by atoms with Gasteiger partial charge in [-0.3, -0.25) is 9.59 Å². The lowest BCUT2D eigenvalue weighted by Gasteiger charge is -2.19. The van der Waals surface area contributed by atoms with E-state index >= 15 is 0 Å². The van der Waals surface area contributed by atoms with Crippen LogP contribution in [0.4, 0.5) is 20.2 Å². The number of carbonyl (C=O) groups is 2. The molecule has 3 rings (SSSR count). The fourth-order valence-electron chi connectivity index (χ4n) is 3.45. The van der Waals surface area contributed by atoms with Crippen molar-refractivity contribution in [2.75, 3.05) is 16.8 Å². The van der Waals surface area contributed by atoms with Crippen LogP contribution in [0.1, 0.15) is 23.1 Å². The number of hydrogen-bond donors (Lipinski definition) is 1. The van der Waals surface area contributed by atoms with E-state index in [4.69, 9.17) is 0 Å². The van der Waals surface area contributed by atoms with E-state index in [1.165, 1.54) is 6.07 Å². The Kier molecular flexibility index (Phi) is 4.76. The fourth-order valence-corrected chi connectivity index (χ4v) is 3.45. The standard InChI is InChI=1S/C20H20F2N2O2/c1-11-7-12(2)18(13(3)8-11)23-20(26)14-9-17(25)24(10-14)19-15(21)5-4-6-16(19)22/h4-8,14H,9-10H2,1-3H3,(H,23,26). The molecule has 136 valence electrons. The second-order valence-electron chi connectivity index (χ2n) is 6.74. The SMILES string of the molecule is Cc1cc(C)c(NC(=O)C2CC(=O)N(c3c(F)cccc3F)C2)c(C)c1. The molecule has 1 fully saturated rings. The summed E-state index contributed by atoms with van der Waals surface area (Å²) in [6.45, 7) is 5.72. The Morgan fingerprint density at radius 2 is 1.69 bits per heavy atom. The van der Waals surface area contributed by atoms with Crippen molar-refractivity contribution in [1.29, 1.82) is 0 Å². The van der Waals surface area contributed by atoms with Gasteiger partial charge in [-0.1, -0.05) is 23.8 Å². The number of hydrogen-bond acceptors (Lipinski definition) is 2. The van der Waals surface area contributed by atoms with E-state index in [2.05, 4.69) is 5.32 Å². The summed E-state index contributed by atoms with van der Waals surface area (Å²) >= 11 is 0. The van der Waals surface area contributed by atoms with Gasteiger partial charge in [-0.05, 0) is 44.0 Å². The van der Waals surface area contributed by atoms with Crippen LogP contribution in [0.15, 0.2) is 30.3 Å². The maximum Gasteiger partial charge on any atom is 0.229 e. The van der Waals surface area contributed by atoms with E-state index in [0.717, 1.165) is 33.7 Å². The number of amides is 2. The van der Waals surface area contributed by atoms with E-state index in [1.807, 2.05) is 32.9 Å². The fraction of sp³-hybridized carbons (Fsp3) is 0.300. The number of benzene rings is 2. The topological polar surface area (TPSA) is 49.4 Å². The van der Waals surface area contributed by atoms with Crippen LogP contribution in [0.25, 0.3) is 0 Å². The monoisotopic (exact) mass is 358 g/mol. The molecule has 0 spiro atoms. The third-order valence-corrected chi connectivity index (χ3v) is 4.63. The van der Waals surface area contributed by atoms with Gasteiger partial charge in [0.05, 0.1) is 5.92 Å². The van der Waals surface area contributed by atoms with Crippen LogP contribution in [0.5, 0.6) is 0 Å². The Morgan fingerprint density at radius 3 is 2.27 bits per heavy atom. The van der Waals surface area contributed by atoms with Crippen molar-refractivity contribution < 1.29 is 18.4 Å². The van der Waals surface area contributed by atoms with E-state index < -0.39 is 29.1 Å². The number of nitrogens with one attached hydrogen (secondary N) is 1. The van der Waals surface area contributed by atoms with Crippen molar-refractivity contribution in [3.63, 3.8) is 0 Å². The van der Waals surface area contributed by atoms with Gasteiger partial charge in [-0.15, -0.1) is 0 Å². The Hall–Kier alpha value is -2.76. The molecule has 2 amide bonds.